The monoisotopic (exact) mass is 261 g/mol. The fourth-order valence-electron chi connectivity index (χ4n) is 1.81. The summed E-state index contributed by atoms with van der Waals surface area (Å²) in [5.41, 5.74) is 1.64. The minimum atomic E-state index is -0.828. The SMILES string of the molecule is O=C(O)CCCCC(=O)Nc1ccc2[nH]ncc2c1. The van der Waals surface area contributed by atoms with Gasteiger partial charge in [-0.05, 0) is 31.0 Å². The zero-order valence-electron chi connectivity index (χ0n) is 10.3. The van der Waals surface area contributed by atoms with Gasteiger partial charge in [-0.25, -0.2) is 0 Å². The van der Waals surface area contributed by atoms with E-state index in [2.05, 4.69) is 15.5 Å². The molecule has 0 aliphatic carbocycles. The molecule has 2 rings (SSSR count). The summed E-state index contributed by atoms with van der Waals surface area (Å²) in [4.78, 5) is 22.0. The zero-order valence-corrected chi connectivity index (χ0v) is 10.3. The number of aromatic amines is 1. The molecule has 0 bridgehead atoms. The lowest BCUT2D eigenvalue weighted by molar-refractivity contribution is -0.137. The Bertz CT molecular complexity index is 592. The second-order valence-corrected chi connectivity index (χ2v) is 4.32. The third kappa shape index (κ3) is 3.80. The molecule has 6 heteroatoms. The van der Waals surface area contributed by atoms with E-state index in [4.69, 9.17) is 5.11 Å². The lowest BCUT2D eigenvalue weighted by atomic mass is 10.2. The molecule has 0 saturated heterocycles. The average Bonchev–Trinajstić information content (AvgIpc) is 2.82. The van der Waals surface area contributed by atoms with Gasteiger partial charge in [-0.1, -0.05) is 0 Å². The summed E-state index contributed by atoms with van der Waals surface area (Å²) in [6, 6.07) is 5.49. The van der Waals surface area contributed by atoms with Gasteiger partial charge in [-0.3, -0.25) is 14.7 Å². The number of nitrogens with zero attached hydrogens (tertiary/aromatic N) is 1. The van der Waals surface area contributed by atoms with Crippen molar-refractivity contribution in [2.24, 2.45) is 0 Å². The van der Waals surface area contributed by atoms with Crippen LogP contribution < -0.4 is 5.32 Å². The van der Waals surface area contributed by atoms with E-state index in [0.717, 1.165) is 16.6 Å². The van der Waals surface area contributed by atoms with Crippen LogP contribution in [0, 0.1) is 0 Å². The molecular weight excluding hydrogens is 246 g/mol. The van der Waals surface area contributed by atoms with Crippen LogP contribution in [-0.4, -0.2) is 27.2 Å². The van der Waals surface area contributed by atoms with Crippen LogP contribution in [0.3, 0.4) is 0 Å². The minimum absolute atomic E-state index is 0.103. The molecule has 0 unspecified atom stereocenters. The smallest absolute Gasteiger partial charge is 0.303 e. The van der Waals surface area contributed by atoms with Gasteiger partial charge >= 0.3 is 5.97 Å². The number of carboxylic acid groups (broad SMARTS) is 1. The van der Waals surface area contributed by atoms with Crippen molar-refractivity contribution in [1.82, 2.24) is 10.2 Å². The van der Waals surface area contributed by atoms with Gasteiger partial charge < -0.3 is 10.4 Å². The number of H-pyrrole nitrogens is 1. The molecule has 1 heterocycles. The highest BCUT2D eigenvalue weighted by Gasteiger charge is 2.04. The molecule has 1 amide bonds. The quantitative estimate of drug-likeness (QED) is 0.694. The van der Waals surface area contributed by atoms with Gasteiger partial charge in [-0.15, -0.1) is 0 Å². The molecule has 2 aromatic rings. The van der Waals surface area contributed by atoms with Crippen molar-refractivity contribution >= 4 is 28.5 Å². The van der Waals surface area contributed by atoms with Gasteiger partial charge in [0, 0.05) is 23.9 Å². The largest absolute Gasteiger partial charge is 0.481 e. The molecule has 1 aromatic heterocycles. The number of rotatable bonds is 6. The average molecular weight is 261 g/mol. The number of carbonyl (C=O) groups is 2. The van der Waals surface area contributed by atoms with E-state index in [-0.39, 0.29) is 12.3 Å². The number of aromatic nitrogens is 2. The van der Waals surface area contributed by atoms with Crippen LogP contribution in [0.2, 0.25) is 0 Å². The number of carboxylic acids is 1. The molecule has 6 nitrogen and oxygen atoms in total. The molecule has 1 aromatic carbocycles. The molecule has 0 aliphatic rings. The van der Waals surface area contributed by atoms with E-state index in [1.807, 2.05) is 12.1 Å². The third-order valence-corrected chi connectivity index (χ3v) is 2.77. The van der Waals surface area contributed by atoms with Crippen LogP contribution in [-0.2, 0) is 9.59 Å². The molecular formula is C13H15N3O3. The number of amides is 1. The van der Waals surface area contributed by atoms with Crippen LogP contribution >= 0.6 is 0 Å². The molecule has 0 atom stereocenters. The summed E-state index contributed by atoms with van der Waals surface area (Å²) in [5.74, 6) is -0.931. The van der Waals surface area contributed by atoms with Gasteiger partial charge in [0.2, 0.25) is 5.91 Å². The number of hydrogen-bond acceptors (Lipinski definition) is 3. The lowest BCUT2D eigenvalue weighted by Gasteiger charge is -2.04. The van der Waals surface area contributed by atoms with Gasteiger partial charge in [0.05, 0.1) is 11.7 Å². The van der Waals surface area contributed by atoms with E-state index < -0.39 is 5.97 Å². The Kier molecular flexibility index (Phi) is 4.12. The van der Waals surface area contributed by atoms with Crippen molar-refractivity contribution in [3.8, 4) is 0 Å². The van der Waals surface area contributed by atoms with Crippen molar-refractivity contribution in [3.05, 3.63) is 24.4 Å². The molecule has 0 aliphatic heterocycles. The maximum atomic E-state index is 11.6. The van der Waals surface area contributed by atoms with Crippen LogP contribution in [0.25, 0.3) is 10.9 Å². The first-order valence-electron chi connectivity index (χ1n) is 6.10. The Morgan fingerprint density at radius 1 is 1.26 bits per heavy atom. The number of benzene rings is 1. The summed E-state index contributed by atoms with van der Waals surface area (Å²) >= 11 is 0. The van der Waals surface area contributed by atoms with Crippen LogP contribution in [0.15, 0.2) is 24.4 Å². The number of carbonyl (C=O) groups excluding carboxylic acids is 1. The Balaban J connectivity index is 1.82. The molecule has 19 heavy (non-hydrogen) atoms. The molecule has 0 saturated carbocycles. The highest BCUT2D eigenvalue weighted by molar-refractivity contribution is 5.93. The molecule has 0 fully saturated rings. The summed E-state index contributed by atoms with van der Waals surface area (Å²) in [5, 5.41) is 18.9. The minimum Gasteiger partial charge on any atom is -0.481 e. The van der Waals surface area contributed by atoms with Crippen molar-refractivity contribution in [2.75, 3.05) is 5.32 Å². The van der Waals surface area contributed by atoms with Gasteiger partial charge in [0.25, 0.3) is 0 Å². The Hall–Kier alpha value is -2.37. The molecule has 100 valence electrons. The van der Waals surface area contributed by atoms with Crippen molar-refractivity contribution in [1.29, 1.82) is 0 Å². The van der Waals surface area contributed by atoms with Crippen LogP contribution in [0.1, 0.15) is 25.7 Å². The zero-order chi connectivity index (χ0) is 13.7. The first-order chi connectivity index (χ1) is 9.15. The van der Waals surface area contributed by atoms with E-state index in [9.17, 15) is 9.59 Å². The summed E-state index contributed by atoms with van der Waals surface area (Å²) in [6.45, 7) is 0. The normalized spacial score (nSPS) is 10.5. The van der Waals surface area contributed by atoms with Crippen molar-refractivity contribution < 1.29 is 14.7 Å². The van der Waals surface area contributed by atoms with Crippen molar-refractivity contribution in [2.45, 2.75) is 25.7 Å². The van der Waals surface area contributed by atoms with Gasteiger partial charge in [0.15, 0.2) is 0 Å². The Morgan fingerprint density at radius 3 is 2.84 bits per heavy atom. The van der Waals surface area contributed by atoms with Gasteiger partial charge in [0.1, 0.15) is 0 Å². The first-order valence-corrected chi connectivity index (χ1v) is 6.10. The van der Waals surface area contributed by atoms with E-state index in [0.29, 0.717) is 19.3 Å². The second-order valence-electron chi connectivity index (χ2n) is 4.32. The Morgan fingerprint density at radius 2 is 2.05 bits per heavy atom. The molecule has 3 N–H and O–H groups in total. The van der Waals surface area contributed by atoms with Crippen LogP contribution in [0.4, 0.5) is 5.69 Å². The topological polar surface area (TPSA) is 95.1 Å². The van der Waals surface area contributed by atoms with E-state index >= 15 is 0 Å². The second kappa shape index (κ2) is 5.99. The summed E-state index contributed by atoms with van der Waals surface area (Å²) in [7, 11) is 0. The summed E-state index contributed by atoms with van der Waals surface area (Å²) < 4.78 is 0. The molecule has 0 radical (unpaired) electrons. The number of nitrogens with one attached hydrogen (secondary N) is 2. The van der Waals surface area contributed by atoms with Crippen molar-refractivity contribution in [3.63, 3.8) is 0 Å². The van der Waals surface area contributed by atoms with Crippen LogP contribution in [0.5, 0.6) is 0 Å². The predicted molar refractivity (Wildman–Crippen MR) is 70.8 cm³/mol. The fourth-order valence-corrected chi connectivity index (χ4v) is 1.81. The Labute approximate surface area is 109 Å². The first kappa shape index (κ1) is 13.1. The standard InChI is InChI=1S/C13H15N3O3/c17-12(3-1-2-4-13(18)19)15-10-5-6-11-9(7-10)8-14-16-11/h5-8H,1-4H2,(H,14,16)(H,15,17)(H,18,19). The number of anilines is 1. The third-order valence-electron chi connectivity index (χ3n) is 2.77. The number of unbranched alkanes of at least 4 members (excludes halogenated alkanes) is 1. The van der Waals surface area contributed by atoms with E-state index in [1.54, 1.807) is 12.3 Å². The lowest BCUT2D eigenvalue weighted by Crippen LogP contribution is -2.11. The number of fused-ring (bicyclic) bond motifs is 1. The fraction of sp³-hybridized carbons (Fsp3) is 0.308. The van der Waals surface area contributed by atoms with E-state index in [1.165, 1.54) is 0 Å². The number of aliphatic carboxylic acids is 1. The maximum Gasteiger partial charge on any atom is 0.303 e. The molecule has 0 spiro atoms. The summed E-state index contributed by atoms with van der Waals surface area (Å²) in [6.07, 6.45) is 3.22. The number of hydrogen-bond donors (Lipinski definition) is 3. The highest BCUT2D eigenvalue weighted by Crippen LogP contribution is 2.17. The highest BCUT2D eigenvalue weighted by atomic mass is 16.4. The predicted octanol–water partition coefficient (Wildman–Crippen LogP) is 2.15. The maximum absolute atomic E-state index is 11.6. The van der Waals surface area contributed by atoms with Gasteiger partial charge in [-0.2, -0.15) is 5.10 Å².